The van der Waals surface area contributed by atoms with Crippen LogP contribution >= 0.6 is 0 Å². The summed E-state index contributed by atoms with van der Waals surface area (Å²) in [7, 11) is 3.96. The van der Waals surface area contributed by atoms with E-state index in [4.69, 9.17) is 0 Å². The summed E-state index contributed by atoms with van der Waals surface area (Å²) in [4.78, 5) is 26.9. The highest BCUT2D eigenvalue weighted by Gasteiger charge is 2.32. The van der Waals surface area contributed by atoms with E-state index in [2.05, 4.69) is 15.6 Å². The van der Waals surface area contributed by atoms with Crippen LogP contribution in [0.2, 0.25) is 0 Å². The maximum Gasteiger partial charge on any atom is 0.258 e. The first-order valence-corrected chi connectivity index (χ1v) is 10.8. The summed E-state index contributed by atoms with van der Waals surface area (Å²) in [6, 6.07) is 12.1. The number of likely N-dealkylation sites (N-methyl/N-ethyl adjacent to an activating group) is 1. The van der Waals surface area contributed by atoms with Crippen LogP contribution in [0.15, 0.2) is 53.9 Å². The van der Waals surface area contributed by atoms with E-state index < -0.39 is 5.82 Å². The number of hydrogen-bond donors (Lipinski definition) is 2. The summed E-state index contributed by atoms with van der Waals surface area (Å²) < 4.78 is 14.8. The standard InChI is InChI=1S/C24H28FN5O2/c1-4-7-22(31)26-13-17-11-10-16(12-19(17)25)24(32)30-15-18-14-28(2)29(3)23(18)27-20-8-5-6-9-21(20)30/h5-6,8-12,27H,4,7,13-15H2,1-3H3,(H,26,31). The number of amides is 2. The maximum absolute atomic E-state index is 14.8. The Bertz CT molecular complexity index is 1080. The molecule has 2 aliphatic heterocycles. The molecule has 0 bridgehead atoms. The first-order chi connectivity index (χ1) is 15.4. The van der Waals surface area contributed by atoms with Gasteiger partial charge in [0.15, 0.2) is 0 Å². The van der Waals surface area contributed by atoms with Gasteiger partial charge in [-0.2, -0.15) is 0 Å². The Balaban J connectivity index is 1.60. The summed E-state index contributed by atoms with van der Waals surface area (Å²) in [5.74, 6) is 0.0655. The molecule has 0 saturated heterocycles. The molecule has 0 saturated carbocycles. The number of para-hydroxylation sites is 2. The fraction of sp³-hybridized carbons (Fsp3) is 0.333. The summed E-state index contributed by atoms with van der Waals surface area (Å²) >= 11 is 0. The van der Waals surface area contributed by atoms with Gasteiger partial charge in [-0.05, 0) is 30.7 Å². The minimum atomic E-state index is -0.505. The SMILES string of the molecule is CCCC(=O)NCc1ccc(C(=O)N2CC3=C(Nc4ccccc42)N(C)N(C)C3)cc1F. The molecule has 0 fully saturated rings. The second kappa shape index (κ2) is 9.00. The second-order valence-corrected chi connectivity index (χ2v) is 8.16. The lowest BCUT2D eigenvalue weighted by molar-refractivity contribution is -0.121. The minimum Gasteiger partial charge on any atom is -0.352 e. The molecule has 2 heterocycles. The topological polar surface area (TPSA) is 67.9 Å². The number of nitrogens with zero attached hydrogens (tertiary/aromatic N) is 3. The van der Waals surface area contributed by atoms with Gasteiger partial charge in [0, 0.05) is 50.3 Å². The van der Waals surface area contributed by atoms with Crippen molar-refractivity contribution in [1.82, 2.24) is 15.3 Å². The summed E-state index contributed by atoms with van der Waals surface area (Å²) in [6.07, 6.45) is 1.14. The molecule has 8 heteroatoms. The first-order valence-electron chi connectivity index (χ1n) is 10.8. The molecular formula is C24H28FN5O2. The molecule has 2 N–H and O–H groups in total. The van der Waals surface area contributed by atoms with Crippen LogP contribution in [0.25, 0.3) is 0 Å². The highest BCUT2D eigenvalue weighted by atomic mass is 19.1. The van der Waals surface area contributed by atoms with Crippen molar-refractivity contribution in [2.24, 2.45) is 0 Å². The van der Waals surface area contributed by atoms with E-state index in [1.165, 1.54) is 6.07 Å². The molecule has 168 valence electrons. The van der Waals surface area contributed by atoms with Gasteiger partial charge in [0.25, 0.3) is 5.91 Å². The normalized spacial score (nSPS) is 15.8. The van der Waals surface area contributed by atoms with Gasteiger partial charge in [-0.15, -0.1) is 0 Å². The first kappa shape index (κ1) is 21.8. The van der Waals surface area contributed by atoms with Crippen molar-refractivity contribution in [2.45, 2.75) is 26.3 Å². The Morgan fingerprint density at radius 1 is 1.12 bits per heavy atom. The Morgan fingerprint density at radius 2 is 1.91 bits per heavy atom. The van der Waals surface area contributed by atoms with Crippen molar-refractivity contribution in [1.29, 1.82) is 0 Å². The molecule has 0 atom stereocenters. The van der Waals surface area contributed by atoms with Crippen LogP contribution in [0.5, 0.6) is 0 Å². The van der Waals surface area contributed by atoms with Crippen LogP contribution in [0.4, 0.5) is 15.8 Å². The molecule has 0 aliphatic carbocycles. The smallest absolute Gasteiger partial charge is 0.258 e. The van der Waals surface area contributed by atoms with Crippen LogP contribution < -0.4 is 15.5 Å². The Hall–Kier alpha value is -3.39. The molecule has 2 aliphatic rings. The Kier molecular flexibility index (Phi) is 6.14. The molecule has 0 aromatic heterocycles. The molecule has 4 rings (SSSR count). The molecule has 2 aromatic carbocycles. The largest absolute Gasteiger partial charge is 0.352 e. The number of carbonyl (C=O) groups is 2. The lowest BCUT2D eigenvalue weighted by Crippen LogP contribution is -2.35. The molecule has 0 radical (unpaired) electrons. The van der Waals surface area contributed by atoms with Crippen LogP contribution in [-0.2, 0) is 11.3 Å². The number of hydrogen-bond acceptors (Lipinski definition) is 5. The van der Waals surface area contributed by atoms with Crippen molar-refractivity contribution in [3.05, 3.63) is 70.8 Å². The number of carbonyl (C=O) groups excluding carboxylic acids is 2. The number of anilines is 2. The van der Waals surface area contributed by atoms with E-state index in [0.717, 1.165) is 29.2 Å². The monoisotopic (exact) mass is 437 g/mol. The number of rotatable bonds is 5. The zero-order valence-electron chi connectivity index (χ0n) is 18.6. The lowest BCUT2D eigenvalue weighted by atomic mass is 10.1. The van der Waals surface area contributed by atoms with Gasteiger partial charge < -0.3 is 15.5 Å². The molecule has 0 unspecified atom stereocenters. The maximum atomic E-state index is 14.8. The molecule has 2 aromatic rings. The van der Waals surface area contributed by atoms with Crippen LogP contribution in [-0.4, -0.2) is 49.0 Å². The number of benzene rings is 2. The van der Waals surface area contributed by atoms with Gasteiger partial charge in [0.05, 0.1) is 17.9 Å². The van der Waals surface area contributed by atoms with E-state index in [-0.39, 0.29) is 23.9 Å². The van der Waals surface area contributed by atoms with Gasteiger partial charge in [-0.1, -0.05) is 25.1 Å². The van der Waals surface area contributed by atoms with Crippen LogP contribution in [0.3, 0.4) is 0 Å². The highest BCUT2D eigenvalue weighted by molar-refractivity contribution is 6.08. The van der Waals surface area contributed by atoms with Crippen LogP contribution in [0.1, 0.15) is 35.7 Å². The predicted octanol–water partition coefficient (Wildman–Crippen LogP) is 3.32. The zero-order valence-corrected chi connectivity index (χ0v) is 18.6. The van der Waals surface area contributed by atoms with Crippen LogP contribution in [0, 0.1) is 5.82 Å². The van der Waals surface area contributed by atoms with Gasteiger partial charge in [-0.3, -0.25) is 14.6 Å². The Morgan fingerprint density at radius 3 is 2.66 bits per heavy atom. The minimum absolute atomic E-state index is 0.102. The lowest BCUT2D eigenvalue weighted by Gasteiger charge is -2.27. The van der Waals surface area contributed by atoms with Gasteiger partial charge in [0.1, 0.15) is 11.6 Å². The predicted molar refractivity (Wildman–Crippen MR) is 122 cm³/mol. The van der Waals surface area contributed by atoms with E-state index in [0.29, 0.717) is 25.1 Å². The third-order valence-electron chi connectivity index (χ3n) is 5.89. The van der Waals surface area contributed by atoms with Crippen molar-refractivity contribution < 1.29 is 14.0 Å². The second-order valence-electron chi connectivity index (χ2n) is 8.16. The van der Waals surface area contributed by atoms with Crippen molar-refractivity contribution >= 4 is 23.2 Å². The van der Waals surface area contributed by atoms with E-state index in [1.54, 1.807) is 17.0 Å². The van der Waals surface area contributed by atoms with Crippen molar-refractivity contribution in [3.8, 4) is 0 Å². The average Bonchev–Trinajstić information content (AvgIpc) is 2.95. The average molecular weight is 438 g/mol. The van der Waals surface area contributed by atoms with E-state index in [1.807, 2.05) is 50.3 Å². The van der Waals surface area contributed by atoms with Crippen molar-refractivity contribution in [2.75, 3.05) is 37.4 Å². The summed E-state index contributed by atoms with van der Waals surface area (Å²) in [5, 5.41) is 10.3. The third kappa shape index (κ3) is 4.18. The van der Waals surface area contributed by atoms with Gasteiger partial charge in [0.2, 0.25) is 5.91 Å². The highest BCUT2D eigenvalue weighted by Crippen LogP contribution is 2.35. The fourth-order valence-electron chi connectivity index (χ4n) is 4.04. The number of halogens is 1. The molecule has 2 amide bonds. The molecule has 0 spiro atoms. The fourth-order valence-corrected chi connectivity index (χ4v) is 4.04. The quantitative estimate of drug-likeness (QED) is 0.751. The Labute approximate surface area is 187 Å². The molecule has 32 heavy (non-hydrogen) atoms. The summed E-state index contributed by atoms with van der Waals surface area (Å²) in [5.41, 5.74) is 3.27. The number of fused-ring (bicyclic) bond motifs is 1. The summed E-state index contributed by atoms with van der Waals surface area (Å²) in [6.45, 7) is 3.12. The van der Waals surface area contributed by atoms with Gasteiger partial charge >= 0.3 is 0 Å². The number of hydrazine groups is 1. The molecular weight excluding hydrogens is 409 g/mol. The third-order valence-corrected chi connectivity index (χ3v) is 5.89. The van der Waals surface area contributed by atoms with Crippen molar-refractivity contribution in [3.63, 3.8) is 0 Å². The molecule has 7 nitrogen and oxygen atoms in total. The van der Waals surface area contributed by atoms with Gasteiger partial charge in [-0.25, -0.2) is 9.40 Å². The van der Waals surface area contributed by atoms with E-state index >= 15 is 0 Å². The zero-order chi connectivity index (χ0) is 22.8. The van der Waals surface area contributed by atoms with E-state index in [9.17, 15) is 14.0 Å². The number of nitrogens with one attached hydrogen (secondary N) is 2.